The van der Waals surface area contributed by atoms with E-state index in [1.165, 1.54) is 10.2 Å². The Bertz CT molecular complexity index is 596. The van der Waals surface area contributed by atoms with Gasteiger partial charge < -0.3 is 4.90 Å². The van der Waals surface area contributed by atoms with Crippen molar-refractivity contribution in [1.29, 1.82) is 0 Å². The Morgan fingerprint density at radius 1 is 1.35 bits per heavy atom. The maximum Gasteiger partial charge on any atom is 0.324 e. The maximum atomic E-state index is 12.1. The van der Waals surface area contributed by atoms with Crippen LogP contribution in [0.1, 0.15) is 17.9 Å². The minimum atomic E-state index is -0.152. The Morgan fingerprint density at radius 3 is 2.85 bits per heavy atom. The highest BCUT2D eigenvalue weighted by Gasteiger charge is 2.27. The number of likely N-dealkylation sites (tertiary alicyclic amines) is 1. The first-order valence-corrected chi connectivity index (χ1v) is 6.57. The molecule has 1 aliphatic rings. The second-order valence-electron chi connectivity index (χ2n) is 4.90. The number of aryl methyl sites for hydroxylation is 1. The Labute approximate surface area is 116 Å². The van der Waals surface area contributed by atoms with Crippen molar-refractivity contribution in [3.05, 3.63) is 35.9 Å². The molecule has 1 saturated heterocycles. The van der Waals surface area contributed by atoms with Crippen molar-refractivity contribution in [2.75, 3.05) is 18.4 Å². The van der Waals surface area contributed by atoms with Gasteiger partial charge in [0.1, 0.15) is 0 Å². The summed E-state index contributed by atoms with van der Waals surface area (Å²) in [5.41, 5.74) is 1.28. The lowest BCUT2D eigenvalue weighted by Crippen LogP contribution is -2.33. The van der Waals surface area contributed by atoms with Gasteiger partial charge in [0.2, 0.25) is 0 Å². The first-order chi connectivity index (χ1) is 9.74. The van der Waals surface area contributed by atoms with Crippen LogP contribution in [0.3, 0.4) is 0 Å². The van der Waals surface area contributed by atoms with Crippen LogP contribution >= 0.6 is 0 Å². The second-order valence-corrected chi connectivity index (χ2v) is 4.90. The quantitative estimate of drug-likeness (QED) is 0.892. The van der Waals surface area contributed by atoms with Crippen molar-refractivity contribution in [3.63, 3.8) is 0 Å². The Hall–Kier alpha value is -2.44. The summed E-state index contributed by atoms with van der Waals surface area (Å²) < 4.78 is 1.43. The fourth-order valence-corrected chi connectivity index (χ4v) is 2.45. The molecule has 1 aromatic heterocycles. The summed E-state index contributed by atoms with van der Waals surface area (Å²) in [4.78, 5) is 13.9. The van der Waals surface area contributed by atoms with E-state index < -0.39 is 0 Å². The van der Waals surface area contributed by atoms with Gasteiger partial charge in [-0.1, -0.05) is 35.4 Å². The molecule has 0 spiro atoms. The van der Waals surface area contributed by atoms with E-state index in [9.17, 15) is 4.79 Å². The van der Waals surface area contributed by atoms with Crippen LogP contribution in [-0.4, -0.2) is 44.2 Å². The number of benzene rings is 1. The zero-order valence-electron chi connectivity index (χ0n) is 11.2. The van der Waals surface area contributed by atoms with E-state index in [1.807, 2.05) is 18.2 Å². The van der Waals surface area contributed by atoms with Gasteiger partial charge in [-0.3, -0.25) is 5.32 Å². The molecule has 2 amide bonds. The van der Waals surface area contributed by atoms with E-state index in [4.69, 9.17) is 0 Å². The van der Waals surface area contributed by atoms with E-state index in [0.717, 1.165) is 19.5 Å². The van der Waals surface area contributed by atoms with Gasteiger partial charge in [-0.15, -0.1) is 0 Å². The highest BCUT2D eigenvalue weighted by Crippen LogP contribution is 2.27. The molecule has 0 radical (unpaired) electrons. The maximum absolute atomic E-state index is 12.1. The lowest BCUT2D eigenvalue weighted by atomic mass is 9.99. The van der Waals surface area contributed by atoms with Crippen molar-refractivity contribution in [2.24, 2.45) is 7.05 Å². The molecule has 3 rings (SSSR count). The molecule has 2 heterocycles. The molecule has 0 aliphatic carbocycles. The summed E-state index contributed by atoms with van der Waals surface area (Å²) >= 11 is 0. The number of carbonyl (C=O) groups excluding carboxylic acids is 1. The average Bonchev–Trinajstić information content (AvgIpc) is 3.10. The van der Waals surface area contributed by atoms with Crippen LogP contribution in [-0.2, 0) is 7.05 Å². The largest absolute Gasteiger partial charge is 0.324 e. The molecule has 0 bridgehead atoms. The molecule has 1 unspecified atom stereocenters. The number of nitrogens with zero attached hydrogens (tertiary/aromatic N) is 5. The summed E-state index contributed by atoms with van der Waals surface area (Å²) in [6, 6.07) is 10.1. The summed E-state index contributed by atoms with van der Waals surface area (Å²) in [5.74, 6) is 0.762. The highest BCUT2D eigenvalue weighted by atomic mass is 16.2. The Kier molecular flexibility index (Phi) is 3.32. The van der Waals surface area contributed by atoms with Crippen molar-refractivity contribution >= 4 is 12.0 Å². The van der Waals surface area contributed by atoms with Crippen LogP contribution in [0.25, 0.3) is 0 Å². The SMILES string of the molecule is Cn1nnnc1NC(=O)N1CCC(c2ccccc2)C1. The standard InChI is InChI=1S/C13H16N6O/c1-18-12(15-16-17-18)14-13(20)19-8-7-11(9-19)10-5-3-2-4-6-10/h2-6,11H,7-9H2,1H3,(H,14,15,17,20). The number of rotatable bonds is 2. The predicted molar refractivity (Wildman–Crippen MR) is 73.2 cm³/mol. The van der Waals surface area contributed by atoms with Gasteiger partial charge in [0.05, 0.1) is 0 Å². The number of urea groups is 1. The van der Waals surface area contributed by atoms with Crippen LogP contribution in [0.5, 0.6) is 0 Å². The number of hydrogen-bond acceptors (Lipinski definition) is 4. The van der Waals surface area contributed by atoms with Crippen LogP contribution in [0.15, 0.2) is 30.3 Å². The van der Waals surface area contributed by atoms with E-state index in [-0.39, 0.29) is 6.03 Å². The minimum absolute atomic E-state index is 0.152. The smallest absolute Gasteiger partial charge is 0.324 e. The highest BCUT2D eigenvalue weighted by molar-refractivity contribution is 5.87. The van der Waals surface area contributed by atoms with Crippen LogP contribution in [0, 0.1) is 0 Å². The fourth-order valence-electron chi connectivity index (χ4n) is 2.45. The summed E-state index contributed by atoms with van der Waals surface area (Å²) in [7, 11) is 1.69. The van der Waals surface area contributed by atoms with Crippen LogP contribution in [0.4, 0.5) is 10.7 Å². The lowest BCUT2D eigenvalue weighted by Gasteiger charge is -2.16. The van der Waals surface area contributed by atoms with E-state index in [0.29, 0.717) is 11.9 Å². The molecular formula is C13H16N6O. The molecule has 1 atom stereocenters. The number of aromatic nitrogens is 4. The van der Waals surface area contributed by atoms with Crippen molar-refractivity contribution in [2.45, 2.75) is 12.3 Å². The van der Waals surface area contributed by atoms with Gasteiger partial charge >= 0.3 is 6.03 Å². The van der Waals surface area contributed by atoms with Gasteiger partial charge in [0.15, 0.2) is 0 Å². The Morgan fingerprint density at radius 2 is 2.15 bits per heavy atom. The first kappa shape index (κ1) is 12.6. The summed E-state index contributed by atoms with van der Waals surface area (Å²) in [6.07, 6.45) is 0.981. The number of anilines is 1. The molecule has 7 nitrogen and oxygen atoms in total. The van der Waals surface area contributed by atoms with Gasteiger partial charge in [-0.2, -0.15) is 0 Å². The predicted octanol–water partition coefficient (Wildman–Crippen LogP) is 1.23. The first-order valence-electron chi connectivity index (χ1n) is 6.57. The van der Waals surface area contributed by atoms with Crippen LogP contribution < -0.4 is 5.32 Å². The van der Waals surface area contributed by atoms with E-state index in [2.05, 4.69) is 33.0 Å². The van der Waals surface area contributed by atoms with Crippen LogP contribution in [0.2, 0.25) is 0 Å². The molecular weight excluding hydrogens is 256 g/mol. The second kappa shape index (κ2) is 5.28. The molecule has 1 N–H and O–H groups in total. The zero-order chi connectivity index (χ0) is 13.9. The summed E-state index contributed by atoms with van der Waals surface area (Å²) in [5, 5.41) is 13.6. The number of tetrazole rings is 1. The summed E-state index contributed by atoms with van der Waals surface area (Å²) in [6.45, 7) is 1.47. The molecule has 1 aromatic carbocycles. The third kappa shape index (κ3) is 2.47. The number of hydrogen-bond donors (Lipinski definition) is 1. The Balaban J connectivity index is 1.63. The topological polar surface area (TPSA) is 75.9 Å². The number of carbonyl (C=O) groups is 1. The molecule has 20 heavy (non-hydrogen) atoms. The third-order valence-electron chi connectivity index (χ3n) is 3.59. The molecule has 2 aromatic rings. The van der Waals surface area contributed by atoms with Crippen molar-refractivity contribution in [1.82, 2.24) is 25.1 Å². The minimum Gasteiger partial charge on any atom is -0.324 e. The van der Waals surface area contributed by atoms with Crippen molar-refractivity contribution in [3.8, 4) is 0 Å². The molecule has 0 saturated carbocycles. The van der Waals surface area contributed by atoms with E-state index >= 15 is 0 Å². The van der Waals surface area contributed by atoms with Gasteiger partial charge in [0, 0.05) is 26.1 Å². The zero-order valence-corrected chi connectivity index (χ0v) is 11.2. The van der Waals surface area contributed by atoms with E-state index in [1.54, 1.807) is 11.9 Å². The van der Waals surface area contributed by atoms with Gasteiger partial charge in [0.25, 0.3) is 5.95 Å². The number of nitrogens with one attached hydrogen (secondary N) is 1. The van der Waals surface area contributed by atoms with Gasteiger partial charge in [-0.05, 0) is 22.4 Å². The molecule has 1 aliphatic heterocycles. The molecule has 7 heteroatoms. The van der Waals surface area contributed by atoms with Gasteiger partial charge in [-0.25, -0.2) is 9.48 Å². The fraction of sp³-hybridized carbons (Fsp3) is 0.385. The molecule has 1 fully saturated rings. The number of amides is 2. The van der Waals surface area contributed by atoms with Crippen molar-refractivity contribution < 1.29 is 4.79 Å². The normalized spacial score (nSPS) is 18.2. The third-order valence-corrected chi connectivity index (χ3v) is 3.59. The lowest BCUT2D eigenvalue weighted by molar-refractivity contribution is 0.221. The average molecular weight is 272 g/mol. The monoisotopic (exact) mass is 272 g/mol. The molecule has 104 valence electrons.